The second kappa shape index (κ2) is 6.64. The highest BCUT2D eigenvalue weighted by atomic mass is 16.4. The fourth-order valence-electron chi connectivity index (χ4n) is 2.51. The summed E-state index contributed by atoms with van der Waals surface area (Å²) in [6.45, 7) is 5.59. The van der Waals surface area contributed by atoms with Gasteiger partial charge in [0, 0.05) is 23.5 Å². The summed E-state index contributed by atoms with van der Waals surface area (Å²) in [5, 5.41) is 12.8. The number of hydrogen-bond acceptors (Lipinski definition) is 2. The molecule has 0 unspecified atom stereocenters. The van der Waals surface area contributed by atoms with E-state index in [1.807, 2.05) is 25.3 Å². The van der Waals surface area contributed by atoms with Crippen molar-refractivity contribution in [2.75, 3.05) is 0 Å². The molecule has 0 radical (unpaired) electrons. The molecule has 0 saturated carbocycles. The van der Waals surface area contributed by atoms with Crippen LogP contribution in [0, 0.1) is 12.8 Å². The Bertz CT molecular complexity index is 688. The average Bonchev–Trinajstić information content (AvgIpc) is 2.84. The number of aromatic nitrogens is 1. The fourth-order valence-corrected chi connectivity index (χ4v) is 2.51. The lowest BCUT2D eigenvalue weighted by molar-refractivity contribution is -0.143. The summed E-state index contributed by atoms with van der Waals surface area (Å²) in [7, 11) is 0. The number of hydrogen-bond donors (Lipinski definition) is 3. The summed E-state index contributed by atoms with van der Waals surface area (Å²) < 4.78 is 0. The minimum absolute atomic E-state index is 0.141. The van der Waals surface area contributed by atoms with Crippen molar-refractivity contribution < 1.29 is 14.7 Å². The molecule has 0 bridgehead atoms. The molecule has 1 aromatic heterocycles. The van der Waals surface area contributed by atoms with Crippen molar-refractivity contribution in [3.05, 3.63) is 35.5 Å². The number of nitrogens with one attached hydrogen (secondary N) is 2. The smallest absolute Gasteiger partial charge is 0.326 e. The van der Waals surface area contributed by atoms with Gasteiger partial charge in [-0.2, -0.15) is 0 Å². The quantitative estimate of drug-likeness (QED) is 0.767. The Hall–Kier alpha value is -2.30. The Labute approximate surface area is 129 Å². The van der Waals surface area contributed by atoms with Gasteiger partial charge in [-0.15, -0.1) is 0 Å². The predicted molar refractivity (Wildman–Crippen MR) is 85.8 cm³/mol. The molecule has 5 heteroatoms. The number of carboxylic acids is 1. The minimum Gasteiger partial charge on any atom is -0.480 e. The highest BCUT2D eigenvalue weighted by Gasteiger charge is 2.23. The van der Waals surface area contributed by atoms with E-state index in [9.17, 15) is 9.59 Å². The summed E-state index contributed by atoms with van der Waals surface area (Å²) in [6.07, 6.45) is 2.77. The Balaban J connectivity index is 2.01. The van der Waals surface area contributed by atoms with E-state index in [0.29, 0.717) is 6.42 Å². The van der Waals surface area contributed by atoms with Gasteiger partial charge in [-0.3, -0.25) is 4.79 Å². The van der Waals surface area contributed by atoms with Gasteiger partial charge in [0.15, 0.2) is 0 Å². The molecule has 1 aromatic carbocycles. The molecule has 3 N–H and O–H groups in total. The first-order valence-electron chi connectivity index (χ1n) is 7.47. The van der Waals surface area contributed by atoms with Gasteiger partial charge in [-0.25, -0.2) is 4.79 Å². The molecule has 0 saturated heterocycles. The van der Waals surface area contributed by atoms with Crippen LogP contribution in [0.25, 0.3) is 10.9 Å². The van der Waals surface area contributed by atoms with Crippen LogP contribution in [0.2, 0.25) is 0 Å². The molecule has 0 aliphatic carbocycles. The fraction of sp³-hybridized carbons (Fsp3) is 0.412. The third-order valence-electron chi connectivity index (χ3n) is 3.79. The largest absolute Gasteiger partial charge is 0.480 e. The maximum absolute atomic E-state index is 12.0. The van der Waals surface area contributed by atoms with Crippen molar-refractivity contribution in [2.24, 2.45) is 5.92 Å². The molecular formula is C17H22N2O3. The van der Waals surface area contributed by atoms with Gasteiger partial charge in [-0.05, 0) is 37.0 Å². The summed E-state index contributed by atoms with van der Waals surface area (Å²) in [5.74, 6) is -1.37. The molecule has 0 fully saturated rings. The molecule has 0 aliphatic heterocycles. The van der Waals surface area contributed by atoms with Crippen LogP contribution in [0.1, 0.15) is 31.4 Å². The first-order valence-corrected chi connectivity index (χ1v) is 7.47. The van der Waals surface area contributed by atoms with Gasteiger partial charge in [0.1, 0.15) is 6.04 Å². The SMILES string of the molecule is Cc1ccc2[nH]cc(CCC(=O)N[C@H](C(=O)O)C(C)C)c2c1. The van der Waals surface area contributed by atoms with E-state index >= 15 is 0 Å². The Morgan fingerprint density at radius 3 is 2.68 bits per heavy atom. The lowest BCUT2D eigenvalue weighted by atomic mass is 10.0. The zero-order valence-electron chi connectivity index (χ0n) is 13.1. The number of rotatable bonds is 6. The number of carbonyl (C=O) groups is 2. The minimum atomic E-state index is -0.994. The number of fused-ring (bicyclic) bond motifs is 1. The van der Waals surface area contributed by atoms with Crippen LogP contribution in [0.5, 0.6) is 0 Å². The number of aliphatic carboxylic acids is 1. The second-order valence-corrected chi connectivity index (χ2v) is 5.99. The molecule has 0 spiro atoms. The van der Waals surface area contributed by atoms with E-state index in [1.165, 1.54) is 5.56 Å². The van der Waals surface area contributed by atoms with E-state index in [1.54, 1.807) is 13.8 Å². The van der Waals surface area contributed by atoms with Gasteiger partial charge >= 0.3 is 5.97 Å². The van der Waals surface area contributed by atoms with Crippen LogP contribution in [0.4, 0.5) is 0 Å². The number of aromatic amines is 1. The number of amides is 1. The van der Waals surface area contributed by atoms with Crippen molar-refractivity contribution in [2.45, 2.75) is 39.7 Å². The first kappa shape index (κ1) is 16.1. The number of aryl methyl sites for hydroxylation is 2. The molecule has 2 rings (SSSR count). The standard InChI is InChI=1S/C17H22N2O3/c1-10(2)16(17(21)22)19-15(20)7-5-12-9-18-14-6-4-11(3)8-13(12)14/h4,6,8-10,16,18H,5,7H2,1-3H3,(H,19,20)(H,21,22)/t16-/m0/s1. The van der Waals surface area contributed by atoms with Crippen LogP contribution in [0.15, 0.2) is 24.4 Å². The molecule has 1 amide bonds. The van der Waals surface area contributed by atoms with Gasteiger partial charge in [-0.1, -0.05) is 25.5 Å². The lowest BCUT2D eigenvalue weighted by Gasteiger charge is -2.17. The summed E-state index contributed by atoms with van der Waals surface area (Å²) in [6, 6.07) is 5.31. The molecule has 22 heavy (non-hydrogen) atoms. The monoisotopic (exact) mass is 302 g/mol. The molecule has 2 aromatic rings. The number of H-pyrrole nitrogens is 1. The van der Waals surface area contributed by atoms with Gasteiger partial charge in [0.25, 0.3) is 0 Å². The normalized spacial score (nSPS) is 12.5. The molecule has 118 valence electrons. The van der Waals surface area contributed by atoms with Crippen LogP contribution in [0.3, 0.4) is 0 Å². The highest BCUT2D eigenvalue weighted by Crippen LogP contribution is 2.20. The Kier molecular flexibility index (Phi) is 4.85. The van der Waals surface area contributed by atoms with Gasteiger partial charge < -0.3 is 15.4 Å². The number of carboxylic acid groups (broad SMARTS) is 1. The van der Waals surface area contributed by atoms with Crippen LogP contribution >= 0.6 is 0 Å². The average molecular weight is 302 g/mol. The van der Waals surface area contributed by atoms with Crippen molar-refractivity contribution in [3.63, 3.8) is 0 Å². The third kappa shape index (κ3) is 3.67. The molecule has 5 nitrogen and oxygen atoms in total. The van der Waals surface area contributed by atoms with Crippen LogP contribution in [-0.4, -0.2) is 28.0 Å². The molecule has 0 aliphatic rings. The van der Waals surface area contributed by atoms with E-state index in [4.69, 9.17) is 5.11 Å². The van der Waals surface area contributed by atoms with Crippen molar-refractivity contribution in [1.29, 1.82) is 0 Å². The molecule has 1 atom stereocenters. The number of carbonyl (C=O) groups excluding carboxylic acids is 1. The summed E-state index contributed by atoms with van der Waals surface area (Å²) in [4.78, 5) is 26.3. The maximum Gasteiger partial charge on any atom is 0.326 e. The first-order chi connectivity index (χ1) is 10.4. The Morgan fingerprint density at radius 2 is 2.05 bits per heavy atom. The van der Waals surface area contributed by atoms with Crippen molar-refractivity contribution in [3.8, 4) is 0 Å². The predicted octanol–water partition coefficient (Wildman–Crippen LogP) is 2.63. The highest BCUT2D eigenvalue weighted by molar-refractivity contribution is 5.86. The van der Waals surface area contributed by atoms with Crippen LogP contribution in [-0.2, 0) is 16.0 Å². The zero-order valence-corrected chi connectivity index (χ0v) is 13.1. The zero-order chi connectivity index (χ0) is 16.3. The molecule has 1 heterocycles. The topological polar surface area (TPSA) is 82.2 Å². The van der Waals surface area contributed by atoms with E-state index in [-0.39, 0.29) is 18.2 Å². The van der Waals surface area contributed by atoms with Gasteiger partial charge in [0.2, 0.25) is 5.91 Å². The Morgan fingerprint density at radius 1 is 1.32 bits per heavy atom. The lowest BCUT2D eigenvalue weighted by Crippen LogP contribution is -2.44. The van der Waals surface area contributed by atoms with E-state index in [2.05, 4.69) is 16.4 Å². The number of benzene rings is 1. The van der Waals surface area contributed by atoms with Crippen LogP contribution < -0.4 is 5.32 Å². The third-order valence-corrected chi connectivity index (χ3v) is 3.79. The van der Waals surface area contributed by atoms with Crippen molar-refractivity contribution >= 4 is 22.8 Å². The second-order valence-electron chi connectivity index (χ2n) is 5.99. The summed E-state index contributed by atoms with van der Waals surface area (Å²) >= 11 is 0. The molecular weight excluding hydrogens is 280 g/mol. The van der Waals surface area contributed by atoms with E-state index < -0.39 is 12.0 Å². The van der Waals surface area contributed by atoms with Crippen molar-refractivity contribution in [1.82, 2.24) is 10.3 Å². The summed E-state index contributed by atoms with van der Waals surface area (Å²) in [5.41, 5.74) is 3.29. The van der Waals surface area contributed by atoms with Gasteiger partial charge in [0.05, 0.1) is 0 Å². The maximum atomic E-state index is 12.0. The van der Waals surface area contributed by atoms with E-state index in [0.717, 1.165) is 16.5 Å².